The molecule has 1 aromatic rings. The molecule has 1 heterocycles. The maximum absolute atomic E-state index is 10.6. The van der Waals surface area contributed by atoms with Gasteiger partial charge in [-0.05, 0) is 12.8 Å². The van der Waals surface area contributed by atoms with Crippen LogP contribution in [0.3, 0.4) is 0 Å². The number of hydrogen-bond acceptors (Lipinski definition) is 4. The predicted octanol–water partition coefficient (Wildman–Crippen LogP) is 2.53. The number of ether oxygens (including phenoxy) is 3. The number of benzene rings is 1. The van der Waals surface area contributed by atoms with E-state index in [1.807, 2.05) is 0 Å². The maximum atomic E-state index is 10.6. The predicted molar refractivity (Wildman–Crippen MR) is 69.6 cm³/mol. The molecule has 2 rings (SSSR count). The highest BCUT2D eigenvalue weighted by atomic mass is 35.5. The molecular weight excluding hydrogens is 272 g/mol. The fraction of sp³-hybridized carbons (Fsp3) is 0.462. The standard InChI is InChI=1S/C13H15ClO5/c1-17-12-8(3-2-4-11(15)16)13-10(7-9(12)14)18-5-6-19-13/h7H,2-6H2,1H3,(H,15,16). The van der Waals surface area contributed by atoms with Gasteiger partial charge in [-0.2, -0.15) is 0 Å². The molecule has 104 valence electrons. The number of carboxylic acids is 1. The molecule has 6 heteroatoms. The van der Waals surface area contributed by atoms with Crippen molar-refractivity contribution in [3.8, 4) is 17.2 Å². The fourth-order valence-corrected chi connectivity index (χ4v) is 2.36. The van der Waals surface area contributed by atoms with Gasteiger partial charge in [-0.3, -0.25) is 4.79 Å². The Balaban J connectivity index is 2.31. The quantitative estimate of drug-likeness (QED) is 0.901. The van der Waals surface area contributed by atoms with Gasteiger partial charge in [-0.15, -0.1) is 0 Å². The average Bonchev–Trinajstić information content (AvgIpc) is 2.38. The van der Waals surface area contributed by atoms with Crippen LogP contribution in [0.1, 0.15) is 18.4 Å². The summed E-state index contributed by atoms with van der Waals surface area (Å²) in [5, 5.41) is 9.14. The van der Waals surface area contributed by atoms with Gasteiger partial charge in [0, 0.05) is 18.1 Å². The molecular formula is C13H15ClO5. The SMILES string of the molecule is COc1c(Cl)cc2c(c1CCCC(=O)O)OCCO2. The highest BCUT2D eigenvalue weighted by molar-refractivity contribution is 6.32. The second-order valence-corrected chi connectivity index (χ2v) is 4.55. The highest BCUT2D eigenvalue weighted by Gasteiger charge is 2.23. The number of carbonyl (C=O) groups is 1. The van der Waals surface area contributed by atoms with Gasteiger partial charge >= 0.3 is 5.97 Å². The van der Waals surface area contributed by atoms with E-state index in [9.17, 15) is 4.79 Å². The van der Waals surface area contributed by atoms with Crippen LogP contribution in [0.25, 0.3) is 0 Å². The van der Waals surface area contributed by atoms with Crippen LogP contribution < -0.4 is 14.2 Å². The number of fused-ring (bicyclic) bond motifs is 1. The zero-order chi connectivity index (χ0) is 13.8. The summed E-state index contributed by atoms with van der Waals surface area (Å²) in [4.78, 5) is 10.6. The third kappa shape index (κ3) is 3.04. The lowest BCUT2D eigenvalue weighted by Gasteiger charge is -2.23. The first-order valence-electron chi connectivity index (χ1n) is 6.00. The number of hydrogen-bond donors (Lipinski definition) is 1. The van der Waals surface area contributed by atoms with E-state index in [1.54, 1.807) is 6.07 Å². The van der Waals surface area contributed by atoms with E-state index in [0.717, 1.165) is 5.56 Å². The number of aliphatic carboxylic acids is 1. The van der Waals surface area contributed by atoms with Gasteiger partial charge in [-0.1, -0.05) is 11.6 Å². The lowest BCUT2D eigenvalue weighted by atomic mass is 10.0. The lowest BCUT2D eigenvalue weighted by molar-refractivity contribution is -0.137. The zero-order valence-electron chi connectivity index (χ0n) is 10.6. The Kier molecular flexibility index (Phi) is 4.37. The van der Waals surface area contributed by atoms with Crippen LogP contribution in [0.15, 0.2) is 6.07 Å². The third-order valence-electron chi connectivity index (χ3n) is 2.86. The van der Waals surface area contributed by atoms with Crippen molar-refractivity contribution >= 4 is 17.6 Å². The first kappa shape index (κ1) is 13.8. The average molecular weight is 287 g/mol. The summed E-state index contributed by atoms with van der Waals surface area (Å²) < 4.78 is 16.4. The lowest BCUT2D eigenvalue weighted by Crippen LogP contribution is -2.17. The van der Waals surface area contributed by atoms with Gasteiger partial charge in [0.25, 0.3) is 0 Å². The normalized spacial score (nSPS) is 13.2. The van der Waals surface area contributed by atoms with Gasteiger partial charge in [0.1, 0.15) is 19.0 Å². The van der Waals surface area contributed by atoms with Gasteiger partial charge in [0.05, 0.1) is 12.1 Å². The van der Waals surface area contributed by atoms with Crippen LogP contribution >= 0.6 is 11.6 Å². The summed E-state index contributed by atoms with van der Waals surface area (Å²) in [6.07, 6.45) is 1.09. The molecule has 0 radical (unpaired) electrons. The Morgan fingerprint density at radius 3 is 2.89 bits per heavy atom. The van der Waals surface area contributed by atoms with E-state index in [-0.39, 0.29) is 6.42 Å². The Morgan fingerprint density at radius 1 is 1.47 bits per heavy atom. The Labute approximate surface area is 116 Å². The molecule has 1 aromatic carbocycles. The second kappa shape index (κ2) is 6.02. The molecule has 0 bridgehead atoms. The highest BCUT2D eigenvalue weighted by Crippen LogP contribution is 2.44. The van der Waals surface area contributed by atoms with Crippen LogP contribution in [0.4, 0.5) is 0 Å². The summed E-state index contributed by atoms with van der Waals surface area (Å²) in [5.74, 6) is 0.892. The summed E-state index contributed by atoms with van der Waals surface area (Å²) in [5.41, 5.74) is 0.769. The van der Waals surface area contributed by atoms with Crippen molar-refractivity contribution in [3.05, 3.63) is 16.7 Å². The summed E-state index contributed by atoms with van der Waals surface area (Å²) in [6, 6.07) is 1.66. The Hall–Kier alpha value is -1.62. The maximum Gasteiger partial charge on any atom is 0.303 e. The van der Waals surface area contributed by atoms with Crippen LogP contribution in [0.5, 0.6) is 17.2 Å². The number of methoxy groups -OCH3 is 1. The van der Waals surface area contributed by atoms with Gasteiger partial charge < -0.3 is 19.3 Å². The molecule has 0 spiro atoms. The molecule has 1 aliphatic rings. The van der Waals surface area contributed by atoms with E-state index < -0.39 is 5.97 Å². The number of carboxylic acid groups (broad SMARTS) is 1. The van der Waals surface area contributed by atoms with Crippen LogP contribution in [0.2, 0.25) is 5.02 Å². The molecule has 0 saturated heterocycles. The molecule has 0 aliphatic carbocycles. The molecule has 5 nitrogen and oxygen atoms in total. The van der Waals surface area contributed by atoms with Gasteiger partial charge in [0.2, 0.25) is 0 Å². The number of halogens is 1. The Bertz CT molecular complexity index is 486. The van der Waals surface area contributed by atoms with E-state index in [1.165, 1.54) is 7.11 Å². The minimum Gasteiger partial charge on any atom is -0.495 e. The molecule has 1 N–H and O–H groups in total. The molecule has 0 atom stereocenters. The van der Waals surface area contributed by atoms with Crippen molar-refractivity contribution in [1.82, 2.24) is 0 Å². The van der Waals surface area contributed by atoms with Crippen molar-refractivity contribution in [2.24, 2.45) is 0 Å². The van der Waals surface area contributed by atoms with Crippen LogP contribution in [-0.4, -0.2) is 31.4 Å². The molecule has 1 aliphatic heterocycles. The largest absolute Gasteiger partial charge is 0.495 e. The topological polar surface area (TPSA) is 65.0 Å². The first-order valence-corrected chi connectivity index (χ1v) is 6.38. The van der Waals surface area contributed by atoms with E-state index in [2.05, 4.69) is 0 Å². The molecule has 19 heavy (non-hydrogen) atoms. The van der Waals surface area contributed by atoms with Crippen molar-refractivity contribution in [2.75, 3.05) is 20.3 Å². The minimum absolute atomic E-state index is 0.0886. The smallest absolute Gasteiger partial charge is 0.303 e. The van der Waals surface area contributed by atoms with Crippen LogP contribution in [0, 0.1) is 0 Å². The monoisotopic (exact) mass is 286 g/mol. The molecule has 0 saturated carbocycles. The van der Waals surface area contributed by atoms with E-state index in [4.69, 9.17) is 30.9 Å². The second-order valence-electron chi connectivity index (χ2n) is 4.14. The Morgan fingerprint density at radius 2 is 2.21 bits per heavy atom. The molecule has 0 aromatic heterocycles. The minimum atomic E-state index is -0.827. The van der Waals surface area contributed by atoms with Crippen molar-refractivity contribution < 1.29 is 24.1 Å². The first-order chi connectivity index (χ1) is 9.13. The van der Waals surface area contributed by atoms with Crippen LogP contribution in [-0.2, 0) is 11.2 Å². The fourth-order valence-electron chi connectivity index (χ4n) is 2.07. The summed E-state index contributed by atoms with van der Waals surface area (Å²) in [7, 11) is 1.53. The van der Waals surface area contributed by atoms with E-state index in [0.29, 0.717) is 48.3 Å². The summed E-state index contributed by atoms with van der Waals surface area (Å²) in [6.45, 7) is 0.938. The third-order valence-corrected chi connectivity index (χ3v) is 3.14. The molecule has 0 fully saturated rings. The van der Waals surface area contributed by atoms with E-state index >= 15 is 0 Å². The zero-order valence-corrected chi connectivity index (χ0v) is 11.3. The molecule has 0 unspecified atom stereocenters. The van der Waals surface area contributed by atoms with Gasteiger partial charge in [0.15, 0.2) is 11.5 Å². The summed E-state index contributed by atoms with van der Waals surface area (Å²) >= 11 is 6.13. The molecule has 0 amide bonds. The number of rotatable bonds is 5. The van der Waals surface area contributed by atoms with Crippen molar-refractivity contribution in [3.63, 3.8) is 0 Å². The van der Waals surface area contributed by atoms with Crippen molar-refractivity contribution in [1.29, 1.82) is 0 Å². The van der Waals surface area contributed by atoms with Gasteiger partial charge in [-0.25, -0.2) is 0 Å². The van der Waals surface area contributed by atoms with Crippen molar-refractivity contribution in [2.45, 2.75) is 19.3 Å².